The van der Waals surface area contributed by atoms with Crippen molar-refractivity contribution >= 4 is 27.2 Å². The van der Waals surface area contributed by atoms with Gasteiger partial charge in [-0.05, 0) is 44.5 Å². The van der Waals surface area contributed by atoms with E-state index in [9.17, 15) is 4.79 Å². The zero-order chi connectivity index (χ0) is 17.8. The number of fused-ring (bicyclic) bond motifs is 2. The number of imidazole rings is 1. The number of rotatable bonds is 2. The zero-order valence-corrected chi connectivity index (χ0v) is 15.4. The molecule has 1 N–H and O–H groups in total. The molecule has 1 aliphatic rings. The molecule has 1 atom stereocenters. The third kappa shape index (κ3) is 2.37. The highest BCUT2D eigenvalue weighted by atomic mass is 32.1. The molecule has 7 nitrogen and oxygen atoms in total. The van der Waals surface area contributed by atoms with E-state index in [4.69, 9.17) is 0 Å². The van der Waals surface area contributed by atoms with Gasteiger partial charge in [0.25, 0.3) is 5.56 Å². The first-order chi connectivity index (χ1) is 12.6. The third-order valence-electron chi connectivity index (χ3n) is 4.85. The van der Waals surface area contributed by atoms with Gasteiger partial charge in [0.05, 0.1) is 23.4 Å². The lowest BCUT2D eigenvalue weighted by Gasteiger charge is -2.11. The number of thiazole rings is 1. The maximum Gasteiger partial charge on any atom is 0.270 e. The van der Waals surface area contributed by atoms with Gasteiger partial charge >= 0.3 is 0 Å². The molecule has 8 heteroatoms. The summed E-state index contributed by atoms with van der Waals surface area (Å²) in [5.74, 6) is 0. The summed E-state index contributed by atoms with van der Waals surface area (Å²) in [5.41, 5.74) is 4.35. The maximum atomic E-state index is 12.9. The van der Waals surface area contributed by atoms with E-state index in [0.717, 1.165) is 52.6 Å². The fourth-order valence-corrected chi connectivity index (χ4v) is 4.51. The summed E-state index contributed by atoms with van der Waals surface area (Å²) in [5, 5.41) is 8.71. The number of hydrogen-bond donors (Lipinski definition) is 1. The van der Waals surface area contributed by atoms with Crippen molar-refractivity contribution in [2.24, 2.45) is 0 Å². The van der Waals surface area contributed by atoms with Gasteiger partial charge in [-0.1, -0.05) is 0 Å². The van der Waals surface area contributed by atoms with Crippen molar-refractivity contribution < 1.29 is 0 Å². The second-order valence-electron chi connectivity index (χ2n) is 6.77. The molecule has 0 radical (unpaired) electrons. The van der Waals surface area contributed by atoms with Crippen molar-refractivity contribution in [3.8, 4) is 10.7 Å². The summed E-state index contributed by atoms with van der Waals surface area (Å²) in [4.78, 5) is 22.1. The van der Waals surface area contributed by atoms with E-state index in [2.05, 4.69) is 20.4 Å². The van der Waals surface area contributed by atoms with Crippen LogP contribution in [-0.2, 0) is 0 Å². The highest BCUT2D eigenvalue weighted by Crippen LogP contribution is 2.28. The molecule has 132 valence electrons. The molecular weight excluding hydrogens is 348 g/mol. The van der Waals surface area contributed by atoms with E-state index < -0.39 is 0 Å². The first kappa shape index (κ1) is 15.7. The van der Waals surface area contributed by atoms with Crippen LogP contribution >= 0.6 is 11.3 Å². The molecule has 4 aromatic rings. The average Bonchev–Trinajstić information content (AvgIpc) is 3.33. The highest BCUT2D eigenvalue weighted by Gasteiger charge is 2.20. The molecule has 0 aromatic carbocycles. The van der Waals surface area contributed by atoms with E-state index in [0.29, 0.717) is 4.70 Å². The minimum atomic E-state index is 0.0382. The summed E-state index contributed by atoms with van der Waals surface area (Å²) in [6, 6.07) is 4.14. The fraction of sp³-hybridized carbons (Fsp3) is 0.333. The van der Waals surface area contributed by atoms with Crippen molar-refractivity contribution in [3.63, 3.8) is 0 Å². The largest absolute Gasteiger partial charge is 0.315 e. The zero-order valence-electron chi connectivity index (χ0n) is 14.6. The Bertz CT molecular complexity index is 1200. The molecule has 1 unspecified atom stereocenters. The van der Waals surface area contributed by atoms with Crippen LogP contribution in [0.3, 0.4) is 0 Å². The van der Waals surface area contributed by atoms with E-state index in [1.807, 2.05) is 42.9 Å². The highest BCUT2D eigenvalue weighted by molar-refractivity contribution is 7.21. The van der Waals surface area contributed by atoms with Crippen LogP contribution in [0.1, 0.15) is 23.7 Å². The molecule has 0 amide bonds. The first-order valence-electron chi connectivity index (χ1n) is 8.66. The molecule has 4 aromatic heterocycles. The van der Waals surface area contributed by atoms with E-state index >= 15 is 0 Å². The van der Waals surface area contributed by atoms with E-state index in [-0.39, 0.29) is 11.6 Å². The van der Waals surface area contributed by atoms with Crippen molar-refractivity contribution in [1.82, 2.24) is 29.5 Å². The van der Waals surface area contributed by atoms with Crippen molar-refractivity contribution in [2.45, 2.75) is 26.3 Å². The molecule has 0 saturated carbocycles. The van der Waals surface area contributed by atoms with Crippen LogP contribution < -0.4 is 10.9 Å². The summed E-state index contributed by atoms with van der Waals surface area (Å²) in [6.45, 7) is 5.76. The number of nitrogens with one attached hydrogen (secondary N) is 1. The Labute approximate surface area is 153 Å². The van der Waals surface area contributed by atoms with Crippen molar-refractivity contribution in [3.05, 3.63) is 46.1 Å². The predicted octanol–water partition coefficient (Wildman–Crippen LogP) is 2.32. The van der Waals surface area contributed by atoms with E-state index in [1.54, 1.807) is 4.52 Å². The quantitative estimate of drug-likeness (QED) is 0.589. The minimum Gasteiger partial charge on any atom is -0.315 e. The molecule has 1 fully saturated rings. The fourth-order valence-electron chi connectivity index (χ4n) is 3.56. The Morgan fingerprint density at radius 2 is 2.19 bits per heavy atom. The summed E-state index contributed by atoms with van der Waals surface area (Å²) >= 11 is 1.41. The van der Waals surface area contributed by atoms with Gasteiger partial charge in [-0.3, -0.25) is 4.79 Å². The average molecular weight is 366 g/mol. The lowest BCUT2D eigenvalue weighted by molar-refractivity contribution is 0.533. The van der Waals surface area contributed by atoms with Crippen molar-refractivity contribution in [1.29, 1.82) is 0 Å². The molecule has 1 saturated heterocycles. The number of hydrogen-bond acceptors (Lipinski definition) is 6. The van der Waals surface area contributed by atoms with Crippen LogP contribution in [0.15, 0.2) is 29.3 Å². The number of pyridine rings is 1. The van der Waals surface area contributed by atoms with Gasteiger partial charge in [-0.2, -0.15) is 5.10 Å². The summed E-state index contributed by atoms with van der Waals surface area (Å²) in [6.07, 6.45) is 4.75. The van der Waals surface area contributed by atoms with Crippen LogP contribution in [0.4, 0.5) is 0 Å². The Morgan fingerprint density at radius 1 is 1.31 bits per heavy atom. The standard InChI is InChI=1S/C18H18N6OS/c1-10-7-14(22-24-9-11(2)20-16(10)24)17-21-13-4-6-23(12-3-5-19-8-12)18(25)15(13)26-17/h4,6-7,9,12,19H,3,5,8H2,1-2H3. The van der Waals surface area contributed by atoms with Gasteiger partial charge in [0.15, 0.2) is 5.65 Å². The lowest BCUT2D eigenvalue weighted by atomic mass is 10.2. The Balaban J connectivity index is 1.66. The van der Waals surface area contributed by atoms with Crippen LogP contribution in [0, 0.1) is 13.8 Å². The van der Waals surface area contributed by atoms with Gasteiger partial charge < -0.3 is 9.88 Å². The molecule has 1 aliphatic heterocycles. The summed E-state index contributed by atoms with van der Waals surface area (Å²) in [7, 11) is 0. The third-order valence-corrected chi connectivity index (χ3v) is 5.93. The first-order valence-corrected chi connectivity index (χ1v) is 9.48. The number of aromatic nitrogens is 5. The second kappa shape index (κ2) is 5.72. The van der Waals surface area contributed by atoms with Crippen LogP contribution in [-0.4, -0.2) is 37.2 Å². The van der Waals surface area contributed by atoms with Gasteiger partial charge in [-0.15, -0.1) is 11.3 Å². The molecule has 5 rings (SSSR count). The molecule has 0 aliphatic carbocycles. The molecule has 26 heavy (non-hydrogen) atoms. The molecule has 5 heterocycles. The molecule has 0 spiro atoms. The Hall–Kier alpha value is -2.58. The number of aryl methyl sites for hydroxylation is 2. The van der Waals surface area contributed by atoms with Crippen LogP contribution in [0.5, 0.6) is 0 Å². The normalized spacial score (nSPS) is 17.5. The molecular formula is C18H18N6OS. The van der Waals surface area contributed by atoms with Gasteiger partial charge in [0.1, 0.15) is 15.4 Å². The number of nitrogens with zero attached hydrogens (tertiary/aromatic N) is 5. The monoisotopic (exact) mass is 366 g/mol. The van der Waals surface area contributed by atoms with Gasteiger partial charge in [0.2, 0.25) is 0 Å². The topological polar surface area (TPSA) is 77.1 Å². The maximum absolute atomic E-state index is 12.9. The summed E-state index contributed by atoms with van der Waals surface area (Å²) < 4.78 is 4.32. The minimum absolute atomic E-state index is 0.0382. The Kier molecular flexibility index (Phi) is 3.44. The lowest BCUT2D eigenvalue weighted by Crippen LogP contribution is -2.25. The van der Waals surface area contributed by atoms with E-state index in [1.165, 1.54) is 11.3 Å². The van der Waals surface area contributed by atoms with Crippen molar-refractivity contribution in [2.75, 3.05) is 13.1 Å². The van der Waals surface area contributed by atoms with Crippen LogP contribution in [0.25, 0.3) is 26.6 Å². The Morgan fingerprint density at radius 3 is 3.00 bits per heavy atom. The molecule has 0 bridgehead atoms. The van der Waals surface area contributed by atoms with Gasteiger partial charge in [-0.25, -0.2) is 14.5 Å². The van der Waals surface area contributed by atoms with Gasteiger partial charge in [0, 0.05) is 12.7 Å². The predicted molar refractivity (Wildman–Crippen MR) is 102 cm³/mol. The van der Waals surface area contributed by atoms with Crippen LogP contribution in [0.2, 0.25) is 0 Å². The SMILES string of the molecule is Cc1cn2nc(-c3nc4ccn(C5CCNC5)c(=O)c4s3)cc(C)c2n1. The second-order valence-corrected chi connectivity index (χ2v) is 7.77. The smallest absolute Gasteiger partial charge is 0.270 e.